The lowest BCUT2D eigenvalue weighted by atomic mass is 10.1. The van der Waals surface area contributed by atoms with Gasteiger partial charge in [0, 0.05) is 35.9 Å². The Morgan fingerprint density at radius 2 is 2.30 bits per heavy atom. The Hall–Kier alpha value is -2.02. The van der Waals surface area contributed by atoms with Crippen LogP contribution in [0.2, 0.25) is 0 Å². The van der Waals surface area contributed by atoms with Gasteiger partial charge in [-0.05, 0) is 38.7 Å². The first-order chi connectivity index (χ1) is 11.1. The van der Waals surface area contributed by atoms with E-state index in [1.54, 1.807) is 17.5 Å². The van der Waals surface area contributed by atoms with E-state index in [2.05, 4.69) is 15.0 Å². The number of aromatic nitrogens is 3. The Labute approximate surface area is 138 Å². The summed E-state index contributed by atoms with van der Waals surface area (Å²) in [7, 11) is 0. The van der Waals surface area contributed by atoms with Crippen LogP contribution in [0.3, 0.4) is 0 Å². The monoisotopic (exact) mass is 332 g/mol. The molecule has 0 bridgehead atoms. The number of hydrogen-bond acceptors (Lipinski definition) is 5. The zero-order valence-electron chi connectivity index (χ0n) is 13.3. The summed E-state index contributed by atoms with van der Waals surface area (Å²) in [5, 5.41) is 2.98. The molecule has 3 heterocycles. The molecule has 2 aromatic rings. The molecular weight excluding hydrogens is 312 g/mol. The minimum atomic E-state index is -0.335. The minimum Gasteiger partial charge on any atom is -0.333 e. The predicted molar refractivity (Wildman–Crippen MR) is 88.5 cm³/mol. The van der Waals surface area contributed by atoms with E-state index in [4.69, 9.17) is 0 Å². The van der Waals surface area contributed by atoms with Crippen LogP contribution in [0.1, 0.15) is 47.3 Å². The molecule has 3 rings (SSSR count). The largest absolute Gasteiger partial charge is 0.345 e. The number of aromatic amines is 1. The molecule has 1 aliphatic heterocycles. The summed E-state index contributed by atoms with van der Waals surface area (Å²) >= 11 is 1.61. The number of nitrogens with one attached hydrogen (secondary N) is 1. The molecule has 1 saturated heterocycles. The maximum atomic E-state index is 12.6. The summed E-state index contributed by atoms with van der Waals surface area (Å²) in [6.45, 7) is 4.46. The number of H-pyrrole nitrogens is 1. The quantitative estimate of drug-likeness (QED) is 0.930. The van der Waals surface area contributed by atoms with E-state index in [0.29, 0.717) is 18.5 Å². The van der Waals surface area contributed by atoms with Gasteiger partial charge in [-0.15, -0.1) is 11.3 Å². The van der Waals surface area contributed by atoms with Gasteiger partial charge < -0.3 is 9.88 Å². The van der Waals surface area contributed by atoms with Crippen molar-refractivity contribution in [3.63, 3.8) is 0 Å². The summed E-state index contributed by atoms with van der Waals surface area (Å²) in [5.74, 6) is 0.146. The summed E-state index contributed by atoms with van der Waals surface area (Å²) in [4.78, 5) is 36.9. The van der Waals surface area contributed by atoms with Gasteiger partial charge >= 0.3 is 5.69 Å². The molecule has 1 fully saturated rings. The first kappa shape index (κ1) is 15.9. The summed E-state index contributed by atoms with van der Waals surface area (Å²) < 4.78 is 0. The van der Waals surface area contributed by atoms with Crippen LogP contribution in [0.25, 0.3) is 0 Å². The van der Waals surface area contributed by atoms with E-state index in [1.165, 1.54) is 0 Å². The fourth-order valence-electron chi connectivity index (χ4n) is 3.22. The van der Waals surface area contributed by atoms with Crippen molar-refractivity contribution in [2.45, 2.75) is 45.6 Å². The highest BCUT2D eigenvalue weighted by Gasteiger charge is 2.31. The van der Waals surface area contributed by atoms with Gasteiger partial charge in [-0.3, -0.25) is 4.79 Å². The normalized spacial score (nSPS) is 17.7. The van der Waals surface area contributed by atoms with Gasteiger partial charge in [-0.2, -0.15) is 4.98 Å². The van der Waals surface area contributed by atoms with E-state index in [-0.39, 0.29) is 17.6 Å². The molecule has 0 unspecified atom stereocenters. The van der Waals surface area contributed by atoms with E-state index in [9.17, 15) is 9.59 Å². The smallest absolute Gasteiger partial charge is 0.333 e. The van der Waals surface area contributed by atoms with Crippen molar-refractivity contribution in [2.75, 3.05) is 6.54 Å². The van der Waals surface area contributed by atoms with Crippen LogP contribution in [-0.4, -0.2) is 32.3 Å². The summed E-state index contributed by atoms with van der Waals surface area (Å²) in [6, 6.07) is 0.124. The predicted octanol–water partition coefficient (Wildman–Crippen LogP) is 2.14. The third-order valence-electron chi connectivity index (χ3n) is 4.35. The van der Waals surface area contributed by atoms with Crippen LogP contribution < -0.4 is 5.69 Å². The van der Waals surface area contributed by atoms with Crippen molar-refractivity contribution < 1.29 is 4.79 Å². The standard InChI is InChI=1S/C16H20N4O2S/c1-10-12(11(2)19-16(22)18-10)5-6-14(21)20-8-3-4-13(20)15-17-7-9-23-15/h7,9,13H,3-6,8H2,1-2H3,(H,18,19,22)/t13-/m1/s1. The Kier molecular flexibility index (Phi) is 4.56. The molecule has 0 aromatic carbocycles. The molecule has 1 atom stereocenters. The van der Waals surface area contributed by atoms with Gasteiger partial charge in [-0.1, -0.05) is 0 Å². The van der Waals surface area contributed by atoms with Gasteiger partial charge in [0.15, 0.2) is 0 Å². The van der Waals surface area contributed by atoms with Crippen LogP contribution in [-0.2, 0) is 11.2 Å². The lowest BCUT2D eigenvalue weighted by Gasteiger charge is -2.23. The van der Waals surface area contributed by atoms with Gasteiger partial charge in [0.2, 0.25) is 5.91 Å². The Bertz CT molecular complexity index is 728. The van der Waals surface area contributed by atoms with E-state index >= 15 is 0 Å². The van der Waals surface area contributed by atoms with Crippen LogP contribution in [0.5, 0.6) is 0 Å². The van der Waals surface area contributed by atoms with Crippen molar-refractivity contribution in [2.24, 2.45) is 0 Å². The molecule has 0 spiro atoms. The first-order valence-corrected chi connectivity index (χ1v) is 8.69. The summed E-state index contributed by atoms with van der Waals surface area (Å²) in [6.07, 6.45) is 4.82. The molecule has 6 nitrogen and oxygen atoms in total. The van der Waals surface area contributed by atoms with Crippen molar-refractivity contribution in [3.8, 4) is 0 Å². The molecule has 0 radical (unpaired) electrons. The van der Waals surface area contributed by atoms with E-state index < -0.39 is 0 Å². The van der Waals surface area contributed by atoms with E-state index in [0.717, 1.165) is 35.7 Å². The zero-order chi connectivity index (χ0) is 16.4. The number of amides is 1. The van der Waals surface area contributed by atoms with Gasteiger partial charge in [0.05, 0.1) is 6.04 Å². The fraction of sp³-hybridized carbons (Fsp3) is 0.500. The number of carbonyl (C=O) groups is 1. The fourth-order valence-corrected chi connectivity index (χ4v) is 4.00. The maximum absolute atomic E-state index is 12.6. The lowest BCUT2D eigenvalue weighted by Crippen LogP contribution is -2.31. The topological polar surface area (TPSA) is 79.0 Å². The molecule has 122 valence electrons. The average molecular weight is 332 g/mol. The molecular formula is C16H20N4O2S. The number of aryl methyl sites for hydroxylation is 2. The van der Waals surface area contributed by atoms with E-state index in [1.807, 2.05) is 24.1 Å². The number of thiazole rings is 1. The van der Waals surface area contributed by atoms with Crippen molar-refractivity contribution >= 4 is 17.2 Å². The molecule has 7 heteroatoms. The first-order valence-electron chi connectivity index (χ1n) is 7.81. The molecule has 0 aliphatic carbocycles. The zero-order valence-corrected chi connectivity index (χ0v) is 14.2. The highest BCUT2D eigenvalue weighted by Crippen LogP contribution is 2.33. The number of carbonyl (C=O) groups excluding carboxylic acids is 1. The maximum Gasteiger partial charge on any atom is 0.345 e. The SMILES string of the molecule is Cc1nc(=O)[nH]c(C)c1CCC(=O)N1CCC[C@@H]1c1nccs1. The number of nitrogens with zero attached hydrogens (tertiary/aromatic N) is 3. The summed E-state index contributed by atoms with van der Waals surface area (Å²) in [5.41, 5.74) is 2.13. The number of hydrogen-bond donors (Lipinski definition) is 1. The molecule has 1 amide bonds. The molecule has 23 heavy (non-hydrogen) atoms. The van der Waals surface area contributed by atoms with Gasteiger partial charge in [0.1, 0.15) is 5.01 Å². The average Bonchev–Trinajstić information content (AvgIpc) is 3.16. The van der Waals surface area contributed by atoms with Crippen molar-refractivity contribution in [1.29, 1.82) is 0 Å². The van der Waals surface area contributed by atoms with Gasteiger partial charge in [-0.25, -0.2) is 9.78 Å². The Morgan fingerprint density at radius 1 is 1.48 bits per heavy atom. The molecule has 0 saturated carbocycles. The van der Waals surface area contributed by atoms with Crippen LogP contribution >= 0.6 is 11.3 Å². The second-order valence-electron chi connectivity index (χ2n) is 5.85. The highest BCUT2D eigenvalue weighted by atomic mass is 32.1. The van der Waals surface area contributed by atoms with Crippen LogP contribution in [0.4, 0.5) is 0 Å². The van der Waals surface area contributed by atoms with Gasteiger partial charge in [0.25, 0.3) is 0 Å². The second-order valence-corrected chi connectivity index (χ2v) is 6.77. The van der Waals surface area contributed by atoms with Crippen molar-refractivity contribution in [1.82, 2.24) is 19.9 Å². The third kappa shape index (κ3) is 3.34. The molecule has 1 aliphatic rings. The molecule has 2 aromatic heterocycles. The Balaban J connectivity index is 1.69. The highest BCUT2D eigenvalue weighted by molar-refractivity contribution is 7.09. The minimum absolute atomic E-state index is 0.124. The second kappa shape index (κ2) is 6.62. The lowest BCUT2D eigenvalue weighted by molar-refractivity contribution is -0.132. The van der Waals surface area contributed by atoms with Crippen molar-refractivity contribution in [3.05, 3.63) is 44.0 Å². The van der Waals surface area contributed by atoms with Crippen LogP contribution in [0.15, 0.2) is 16.4 Å². The number of rotatable bonds is 4. The third-order valence-corrected chi connectivity index (χ3v) is 5.23. The Morgan fingerprint density at radius 3 is 3.00 bits per heavy atom. The molecule has 1 N–H and O–H groups in total. The number of likely N-dealkylation sites (tertiary alicyclic amines) is 1. The van der Waals surface area contributed by atoms with Crippen LogP contribution in [0, 0.1) is 13.8 Å².